The van der Waals surface area contributed by atoms with Crippen LogP contribution in [0.4, 0.5) is 5.69 Å². The third-order valence-electron chi connectivity index (χ3n) is 2.58. The van der Waals surface area contributed by atoms with Gasteiger partial charge in [0.15, 0.2) is 0 Å². The number of ether oxygens (including phenoxy) is 1. The third-order valence-corrected chi connectivity index (χ3v) is 2.58. The molecule has 0 spiro atoms. The van der Waals surface area contributed by atoms with E-state index in [9.17, 15) is 4.79 Å². The molecule has 19 heavy (non-hydrogen) atoms. The minimum absolute atomic E-state index is 0.138. The molecule has 0 fully saturated rings. The minimum atomic E-state index is -1.02. The predicted molar refractivity (Wildman–Crippen MR) is 71.1 cm³/mol. The molecule has 5 heteroatoms. The fraction of sp³-hybridized carbons (Fsp3) is 0.143. The summed E-state index contributed by atoms with van der Waals surface area (Å²) in [5.41, 5.74) is 7.89. The summed E-state index contributed by atoms with van der Waals surface area (Å²) < 4.78 is 5.53. The predicted octanol–water partition coefficient (Wildman–Crippen LogP) is 2.25. The summed E-state index contributed by atoms with van der Waals surface area (Å²) >= 11 is 0. The molecule has 2 rings (SSSR count). The molecule has 5 nitrogen and oxygen atoms in total. The number of nitrogens with zero attached hydrogens (tertiary/aromatic N) is 1. The summed E-state index contributed by atoms with van der Waals surface area (Å²) in [5.74, 6) is -0.563. The number of anilines is 1. The number of aromatic nitrogens is 1. The fourth-order valence-electron chi connectivity index (χ4n) is 1.64. The van der Waals surface area contributed by atoms with E-state index < -0.39 is 5.97 Å². The molecule has 0 radical (unpaired) electrons. The minimum Gasteiger partial charge on any atom is -0.485 e. The van der Waals surface area contributed by atoms with Crippen LogP contribution in [0.5, 0.6) is 5.75 Å². The molecule has 3 N–H and O–H groups in total. The van der Waals surface area contributed by atoms with Crippen LogP contribution in [0.3, 0.4) is 0 Å². The van der Waals surface area contributed by atoms with Gasteiger partial charge in [0, 0.05) is 5.69 Å². The average molecular weight is 258 g/mol. The summed E-state index contributed by atoms with van der Waals surface area (Å²) in [6.07, 6.45) is 0. The van der Waals surface area contributed by atoms with E-state index in [-0.39, 0.29) is 12.2 Å². The molecule has 0 aliphatic heterocycles. The molecular formula is C14H14N2O3. The number of carboxylic acid groups (broad SMARTS) is 1. The van der Waals surface area contributed by atoms with Gasteiger partial charge in [0.25, 0.3) is 0 Å². The van der Waals surface area contributed by atoms with Gasteiger partial charge in [0.05, 0.1) is 16.9 Å². The highest BCUT2D eigenvalue weighted by atomic mass is 16.5. The van der Waals surface area contributed by atoms with Crippen LogP contribution in [0.2, 0.25) is 0 Å². The summed E-state index contributed by atoms with van der Waals surface area (Å²) in [6.45, 7) is 2.19. The van der Waals surface area contributed by atoms with E-state index in [2.05, 4.69) is 4.98 Å². The highest BCUT2D eigenvalue weighted by Gasteiger charge is 2.07. The Hall–Kier alpha value is -2.56. The molecule has 2 aromatic rings. The highest BCUT2D eigenvalue weighted by Crippen LogP contribution is 2.23. The third kappa shape index (κ3) is 3.22. The first-order valence-corrected chi connectivity index (χ1v) is 5.74. The van der Waals surface area contributed by atoms with Crippen molar-refractivity contribution in [1.29, 1.82) is 0 Å². The van der Waals surface area contributed by atoms with Crippen LogP contribution >= 0.6 is 0 Å². The molecule has 0 saturated carbocycles. The van der Waals surface area contributed by atoms with Crippen LogP contribution in [-0.2, 0) is 6.61 Å². The number of carbonyl (C=O) groups is 1. The average Bonchev–Trinajstić information content (AvgIpc) is 2.37. The fourth-order valence-corrected chi connectivity index (χ4v) is 1.64. The van der Waals surface area contributed by atoms with E-state index in [1.807, 2.05) is 25.1 Å². The van der Waals surface area contributed by atoms with Gasteiger partial charge in [-0.05, 0) is 37.3 Å². The summed E-state index contributed by atoms with van der Waals surface area (Å²) in [4.78, 5) is 15.1. The lowest BCUT2D eigenvalue weighted by Gasteiger charge is -2.09. The Kier molecular flexibility index (Phi) is 3.66. The van der Waals surface area contributed by atoms with Gasteiger partial charge in [0.2, 0.25) is 0 Å². The van der Waals surface area contributed by atoms with E-state index in [1.165, 1.54) is 12.1 Å². The van der Waals surface area contributed by atoms with Gasteiger partial charge >= 0.3 is 5.97 Å². The van der Waals surface area contributed by atoms with Gasteiger partial charge in [0.1, 0.15) is 12.4 Å². The van der Waals surface area contributed by atoms with Gasteiger partial charge in [-0.15, -0.1) is 0 Å². The van der Waals surface area contributed by atoms with Crippen molar-refractivity contribution in [3.05, 3.63) is 53.3 Å². The maximum atomic E-state index is 10.8. The van der Waals surface area contributed by atoms with Crippen molar-refractivity contribution in [3.63, 3.8) is 0 Å². The number of aryl methyl sites for hydroxylation is 1. The monoisotopic (exact) mass is 258 g/mol. The lowest BCUT2D eigenvalue weighted by Crippen LogP contribution is -2.03. The van der Waals surface area contributed by atoms with Gasteiger partial charge in [-0.2, -0.15) is 0 Å². The number of pyridine rings is 1. The SMILES string of the molecule is Cc1cccc(COc2ccc(C(=O)O)cc2N)n1. The maximum absolute atomic E-state index is 10.8. The van der Waals surface area contributed by atoms with Crippen LogP contribution in [0, 0.1) is 6.92 Å². The van der Waals surface area contributed by atoms with E-state index in [1.54, 1.807) is 6.07 Å². The highest BCUT2D eigenvalue weighted by molar-refractivity contribution is 5.89. The van der Waals surface area contributed by atoms with Crippen LogP contribution in [0.1, 0.15) is 21.7 Å². The Balaban J connectivity index is 2.10. The summed E-state index contributed by atoms with van der Waals surface area (Å²) in [5, 5.41) is 8.83. The van der Waals surface area contributed by atoms with E-state index in [0.29, 0.717) is 11.4 Å². The number of carboxylic acids is 1. The zero-order valence-corrected chi connectivity index (χ0v) is 10.5. The molecule has 1 heterocycles. The molecule has 0 bridgehead atoms. The topological polar surface area (TPSA) is 85.4 Å². The van der Waals surface area contributed by atoms with Crippen molar-refractivity contribution >= 4 is 11.7 Å². The quantitative estimate of drug-likeness (QED) is 0.821. The van der Waals surface area contributed by atoms with E-state index in [0.717, 1.165) is 11.4 Å². The Morgan fingerprint density at radius 3 is 2.79 bits per heavy atom. The molecule has 0 saturated heterocycles. The second kappa shape index (κ2) is 5.39. The van der Waals surface area contributed by atoms with Crippen LogP contribution in [0.25, 0.3) is 0 Å². The Morgan fingerprint density at radius 1 is 1.37 bits per heavy atom. The molecule has 0 aliphatic rings. The number of nitrogen functional groups attached to an aromatic ring is 1. The number of hydrogen-bond acceptors (Lipinski definition) is 4. The Bertz CT molecular complexity index is 611. The summed E-state index contributed by atoms with van der Waals surface area (Å²) in [6, 6.07) is 10.0. The van der Waals surface area contributed by atoms with Crippen molar-refractivity contribution in [2.75, 3.05) is 5.73 Å². The molecule has 98 valence electrons. The van der Waals surface area contributed by atoms with Gasteiger partial charge in [-0.25, -0.2) is 4.79 Å². The molecule has 1 aromatic carbocycles. The molecule has 1 aromatic heterocycles. The van der Waals surface area contributed by atoms with Crippen molar-refractivity contribution in [3.8, 4) is 5.75 Å². The van der Waals surface area contributed by atoms with Crippen molar-refractivity contribution in [1.82, 2.24) is 4.98 Å². The van der Waals surface area contributed by atoms with Gasteiger partial charge in [-0.1, -0.05) is 6.07 Å². The lowest BCUT2D eigenvalue weighted by molar-refractivity contribution is 0.0697. The Morgan fingerprint density at radius 2 is 2.16 bits per heavy atom. The van der Waals surface area contributed by atoms with Gasteiger partial charge < -0.3 is 15.6 Å². The standard InChI is InChI=1S/C14H14N2O3/c1-9-3-2-4-11(16-9)8-19-13-6-5-10(14(17)18)7-12(13)15/h2-7H,8,15H2,1H3,(H,17,18). The number of aromatic carboxylic acids is 1. The number of benzene rings is 1. The first-order chi connectivity index (χ1) is 9.06. The van der Waals surface area contributed by atoms with Crippen LogP contribution < -0.4 is 10.5 Å². The van der Waals surface area contributed by atoms with Crippen molar-refractivity contribution in [2.24, 2.45) is 0 Å². The normalized spacial score (nSPS) is 10.2. The lowest BCUT2D eigenvalue weighted by atomic mass is 10.2. The molecule has 0 aliphatic carbocycles. The molecule has 0 atom stereocenters. The number of rotatable bonds is 4. The Labute approximate surface area is 110 Å². The zero-order chi connectivity index (χ0) is 13.8. The molecule has 0 unspecified atom stereocenters. The first-order valence-electron chi connectivity index (χ1n) is 5.74. The van der Waals surface area contributed by atoms with Gasteiger partial charge in [-0.3, -0.25) is 4.98 Å². The largest absolute Gasteiger partial charge is 0.485 e. The van der Waals surface area contributed by atoms with E-state index in [4.69, 9.17) is 15.6 Å². The van der Waals surface area contributed by atoms with Crippen LogP contribution in [-0.4, -0.2) is 16.1 Å². The number of nitrogens with two attached hydrogens (primary N) is 1. The van der Waals surface area contributed by atoms with Crippen molar-refractivity contribution < 1.29 is 14.6 Å². The van der Waals surface area contributed by atoms with Crippen LogP contribution in [0.15, 0.2) is 36.4 Å². The first kappa shape index (κ1) is 12.9. The van der Waals surface area contributed by atoms with Crippen molar-refractivity contribution in [2.45, 2.75) is 13.5 Å². The van der Waals surface area contributed by atoms with E-state index >= 15 is 0 Å². The summed E-state index contributed by atoms with van der Waals surface area (Å²) in [7, 11) is 0. The molecular weight excluding hydrogens is 244 g/mol. The second-order valence-electron chi connectivity index (χ2n) is 4.12. The zero-order valence-electron chi connectivity index (χ0n) is 10.5. The number of hydrogen-bond donors (Lipinski definition) is 2. The molecule has 0 amide bonds. The maximum Gasteiger partial charge on any atom is 0.335 e. The second-order valence-corrected chi connectivity index (χ2v) is 4.12. The smallest absolute Gasteiger partial charge is 0.335 e.